The second-order valence-corrected chi connectivity index (χ2v) is 1.57. The molecule has 12 heavy (non-hydrogen) atoms. The average molecular weight is 248 g/mol. The number of para-hydroxylation sites is 1. The molecule has 0 unspecified atom stereocenters. The fourth-order valence-electron chi connectivity index (χ4n) is 0.541. The summed E-state index contributed by atoms with van der Waals surface area (Å²) in [6.45, 7) is 0. The number of nitrogens with zero attached hydrogens (tertiary/aromatic N) is 1. The van der Waals surface area contributed by atoms with Crippen LogP contribution in [0.5, 0.6) is 0 Å². The number of halogens is 4. The quantitative estimate of drug-likeness (QED) is 0.365. The first-order valence-electron chi connectivity index (χ1n) is 2.47. The van der Waals surface area contributed by atoms with Crippen molar-refractivity contribution in [3.8, 4) is 0 Å². The minimum absolute atomic E-state index is 0. The molecule has 1 rings (SSSR count). The molecule has 1 aromatic rings. The summed E-state index contributed by atoms with van der Waals surface area (Å²) in [5, 5.41) is -0.917. The molecule has 0 amide bonds. The van der Waals surface area contributed by atoms with Crippen LogP contribution in [0.3, 0.4) is 0 Å². The minimum Gasteiger partial charge on any atom is -1.00 e. The van der Waals surface area contributed by atoms with E-state index in [0.717, 1.165) is 0 Å². The number of benzene rings is 1. The summed E-state index contributed by atoms with van der Waals surface area (Å²) in [4.78, 5) is 0. The molecule has 0 saturated carbocycles. The molecule has 0 fully saturated rings. The fraction of sp³-hybridized carbons (Fsp3) is 0. The van der Waals surface area contributed by atoms with Crippen molar-refractivity contribution in [2.45, 2.75) is 0 Å². The topological polar surface area (TPSA) is 3.24 Å². The van der Waals surface area contributed by atoms with Crippen LogP contribution >= 0.6 is 0 Å². The molecule has 66 valence electrons. The van der Waals surface area contributed by atoms with Crippen molar-refractivity contribution in [3.05, 3.63) is 30.3 Å². The average Bonchev–Trinajstić information content (AvgIpc) is 1.90. The van der Waals surface area contributed by atoms with Gasteiger partial charge in [-0.1, -0.05) is 27.2 Å². The number of hydrogen-bond acceptors (Lipinski definition) is 1. The largest absolute Gasteiger partial charge is 2.00 e. The van der Waals surface area contributed by atoms with Crippen LogP contribution in [0.15, 0.2) is 30.3 Å². The zero-order chi connectivity index (χ0) is 6.69. The van der Waals surface area contributed by atoms with Gasteiger partial charge in [0.05, 0.1) is 0 Å². The van der Waals surface area contributed by atoms with Crippen molar-refractivity contribution in [2.24, 2.45) is 0 Å². The first-order chi connectivity index (χ1) is 4.30. The van der Waals surface area contributed by atoms with Crippen molar-refractivity contribution in [1.29, 1.82) is 0 Å². The van der Waals surface area contributed by atoms with Crippen LogP contribution in [0.25, 0.3) is 0 Å². The maximum Gasteiger partial charge on any atom is 2.00 e. The van der Waals surface area contributed by atoms with E-state index in [0.29, 0.717) is 0 Å². The molecule has 0 aliphatic carbocycles. The van der Waals surface area contributed by atoms with Gasteiger partial charge in [0.2, 0.25) is 0 Å². The van der Waals surface area contributed by atoms with Gasteiger partial charge in [0.25, 0.3) is 0 Å². The van der Waals surface area contributed by atoms with Crippen molar-refractivity contribution in [3.63, 3.8) is 0 Å². The van der Waals surface area contributed by atoms with Crippen LogP contribution in [0.2, 0.25) is 0 Å². The smallest absolute Gasteiger partial charge is 1.00 e. The zero-order valence-corrected chi connectivity index (χ0v) is 8.92. The predicted octanol–water partition coefficient (Wildman–Crippen LogP) is -3.73. The molecule has 1 aromatic carbocycles. The van der Waals surface area contributed by atoms with Gasteiger partial charge in [-0.05, 0) is 17.5 Å². The second-order valence-electron chi connectivity index (χ2n) is 1.57. The molecule has 0 saturated heterocycles. The molecule has 0 aromatic heterocycles. The van der Waals surface area contributed by atoms with Gasteiger partial charge in [0.15, 0.2) is 0 Å². The van der Waals surface area contributed by atoms with E-state index in [1.165, 1.54) is 12.1 Å². The predicted molar refractivity (Wildman–Crippen MR) is 31.1 cm³/mol. The van der Waals surface area contributed by atoms with Crippen LogP contribution in [-0.2, 0) is 21.7 Å². The summed E-state index contributed by atoms with van der Waals surface area (Å²) in [6, 6.07) is 7.47. The van der Waals surface area contributed by atoms with Crippen LogP contribution < -0.4 is 30.2 Å². The summed E-state index contributed by atoms with van der Waals surface area (Å²) in [7, 11) is 0. The van der Waals surface area contributed by atoms with Crippen LogP contribution in [0.4, 0.5) is 14.6 Å². The number of hydrogen-bond donors (Lipinski definition) is 0. The van der Waals surface area contributed by atoms with Gasteiger partial charge < -0.3 is 24.8 Å². The Balaban J connectivity index is -0.000000270. The molecule has 0 heterocycles. The summed E-state index contributed by atoms with van der Waals surface area (Å²) in [5.74, 6) is 0. The third-order valence-corrected chi connectivity index (χ3v) is 0.951. The van der Waals surface area contributed by atoms with E-state index < -0.39 is 5.34 Å². The molecule has 0 aliphatic heterocycles. The Labute approximate surface area is 96.7 Å². The first kappa shape index (κ1) is 18.1. The summed E-state index contributed by atoms with van der Waals surface area (Å²) in [6.07, 6.45) is 0. The van der Waals surface area contributed by atoms with E-state index in [4.69, 9.17) is 0 Å². The zero-order valence-electron chi connectivity index (χ0n) is 5.85. The maximum absolute atomic E-state index is 11.6. The van der Waals surface area contributed by atoms with Crippen molar-refractivity contribution in [1.82, 2.24) is 0 Å². The fourth-order valence-corrected chi connectivity index (χ4v) is 0.541. The summed E-state index contributed by atoms with van der Waals surface area (Å²) < 4.78 is 23.2. The van der Waals surface area contributed by atoms with Crippen LogP contribution in [0, 0.1) is 0 Å². The molecule has 1 nitrogen and oxygen atoms in total. The molecular formula is C6H5Cl2F2NTi. The van der Waals surface area contributed by atoms with E-state index in [9.17, 15) is 8.96 Å². The Hall–Kier alpha value is 0.174. The standard InChI is InChI=1S/C6H5F2N.2ClH.Ti/c7-9(8)6-4-2-1-3-5-6;;;/h1-5H;2*1H;/q;;;+2/p-2. The number of rotatable bonds is 1. The van der Waals surface area contributed by atoms with E-state index in [1.807, 2.05) is 0 Å². The van der Waals surface area contributed by atoms with E-state index >= 15 is 0 Å². The molecule has 0 radical (unpaired) electrons. The van der Waals surface area contributed by atoms with Gasteiger partial charge in [-0.15, -0.1) is 0 Å². The maximum atomic E-state index is 11.6. The van der Waals surface area contributed by atoms with Crippen molar-refractivity contribution < 1.29 is 55.5 Å². The number of anilines is 1. The Kier molecular flexibility index (Phi) is 13.9. The molecule has 0 spiro atoms. The first-order valence-corrected chi connectivity index (χ1v) is 2.47. The van der Waals surface area contributed by atoms with Gasteiger partial charge in [-0.25, -0.2) is 0 Å². The monoisotopic (exact) mass is 247 g/mol. The van der Waals surface area contributed by atoms with E-state index in [-0.39, 0.29) is 52.2 Å². The minimum atomic E-state index is -0.917. The van der Waals surface area contributed by atoms with Gasteiger partial charge in [-0.3, -0.25) is 0 Å². The normalized spacial score (nSPS) is 6.83. The van der Waals surface area contributed by atoms with Crippen molar-refractivity contribution in [2.75, 3.05) is 5.34 Å². The second kappa shape index (κ2) is 9.26. The van der Waals surface area contributed by atoms with E-state index in [2.05, 4.69) is 0 Å². The van der Waals surface area contributed by atoms with Gasteiger partial charge in [-0.2, -0.15) is 0 Å². The Morgan fingerprint density at radius 1 is 0.917 bits per heavy atom. The summed E-state index contributed by atoms with van der Waals surface area (Å²) in [5.41, 5.74) is -0.0856. The molecule has 0 bridgehead atoms. The molecule has 0 atom stereocenters. The molecule has 0 aliphatic rings. The van der Waals surface area contributed by atoms with E-state index in [1.54, 1.807) is 18.2 Å². The third kappa shape index (κ3) is 5.78. The van der Waals surface area contributed by atoms with Crippen LogP contribution in [0.1, 0.15) is 0 Å². The molecule has 6 heteroatoms. The third-order valence-electron chi connectivity index (χ3n) is 0.951. The van der Waals surface area contributed by atoms with Crippen molar-refractivity contribution >= 4 is 5.69 Å². The van der Waals surface area contributed by atoms with Gasteiger partial charge in [0.1, 0.15) is 5.69 Å². The molecular weight excluding hydrogens is 243 g/mol. The molecule has 0 N–H and O–H groups in total. The Morgan fingerprint density at radius 2 is 1.33 bits per heavy atom. The van der Waals surface area contributed by atoms with Gasteiger partial charge >= 0.3 is 21.7 Å². The Morgan fingerprint density at radius 3 is 1.58 bits per heavy atom. The summed E-state index contributed by atoms with van der Waals surface area (Å²) >= 11 is 0. The van der Waals surface area contributed by atoms with Crippen LogP contribution in [-0.4, -0.2) is 0 Å². The van der Waals surface area contributed by atoms with Gasteiger partial charge in [0, 0.05) is 0 Å². The Bertz CT molecular complexity index is 186. The SMILES string of the molecule is FN(F)c1ccccc1.[Cl-].[Cl-].[Ti+2].